The van der Waals surface area contributed by atoms with Gasteiger partial charge >= 0.3 is 0 Å². The summed E-state index contributed by atoms with van der Waals surface area (Å²) in [6.07, 6.45) is 4.74. The van der Waals surface area contributed by atoms with Gasteiger partial charge in [-0.2, -0.15) is 0 Å². The molecule has 2 atom stereocenters. The van der Waals surface area contributed by atoms with Gasteiger partial charge in [0, 0.05) is 31.3 Å². The normalized spacial score (nSPS) is 19.2. The number of nitrogens with zero attached hydrogens (tertiary/aromatic N) is 3. The van der Waals surface area contributed by atoms with Crippen LogP contribution in [0.1, 0.15) is 31.1 Å². The largest absolute Gasteiger partial charge is 0.467 e. The fourth-order valence-corrected chi connectivity index (χ4v) is 3.35. The van der Waals surface area contributed by atoms with Crippen LogP contribution in [0.2, 0.25) is 0 Å². The van der Waals surface area contributed by atoms with E-state index in [4.69, 9.17) is 4.42 Å². The molecule has 2 unspecified atom stereocenters. The maximum Gasteiger partial charge on any atom is 0.285 e. The molecule has 1 fully saturated rings. The Morgan fingerprint density at radius 3 is 2.92 bits per heavy atom. The Balaban J connectivity index is 1.61. The zero-order valence-electron chi connectivity index (χ0n) is 13.8. The number of nitro groups is 1. The first-order valence-electron chi connectivity index (χ1n) is 8.35. The molecule has 0 aliphatic carbocycles. The highest BCUT2D eigenvalue weighted by Gasteiger charge is 2.27. The summed E-state index contributed by atoms with van der Waals surface area (Å²) in [5.74, 6) is 0.557. The number of aliphatic hydroxyl groups excluding tert-OH is 1. The molecule has 1 aliphatic rings. The molecule has 3 heterocycles. The second-order valence-electron chi connectivity index (χ2n) is 6.27. The molecule has 0 aromatic carbocycles. The molecule has 134 valence electrons. The molecule has 0 spiro atoms. The molecular formula is C17H21N3O5. The van der Waals surface area contributed by atoms with E-state index in [0.717, 1.165) is 19.4 Å². The summed E-state index contributed by atoms with van der Waals surface area (Å²) in [6.45, 7) is 1.88. The molecule has 1 N–H and O–H groups in total. The highest BCUT2D eigenvalue weighted by molar-refractivity contribution is 5.24. The van der Waals surface area contributed by atoms with E-state index in [-0.39, 0.29) is 17.3 Å². The maximum absolute atomic E-state index is 11.9. The third kappa shape index (κ3) is 4.15. The third-order valence-corrected chi connectivity index (χ3v) is 4.67. The Labute approximate surface area is 144 Å². The van der Waals surface area contributed by atoms with Gasteiger partial charge in [0.05, 0.1) is 17.4 Å². The average molecular weight is 347 g/mol. The molecule has 0 radical (unpaired) electrons. The lowest BCUT2D eigenvalue weighted by molar-refractivity contribution is -0.385. The van der Waals surface area contributed by atoms with E-state index in [9.17, 15) is 20.0 Å². The van der Waals surface area contributed by atoms with Crippen molar-refractivity contribution in [1.82, 2.24) is 9.47 Å². The predicted molar refractivity (Wildman–Crippen MR) is 90.2 cm³/mol. The number of aliphatic hydroxyl groups is 1. The summed E-state index contributed by atoms with van der Waals surface area (Å²) < 4.78 is 6.62. The van der Waals surface area contributed by atoms with Gasteiger partial charge in [0.2, 0.25) is 0 Å². The first-order chi connectivity index (χ1) is 12.0. The van der Waals surface area contributed by atoms with Gasteiger partial charge in [0.25, 0.3) is 11.2 Å². The Kier molecular flexibility index (Phi) is 5.30. The quantitative estimate of drug-likeness (QED) is 0.607. The second kappa shape index (κ2) is 7.62. The summed E-state index contributed by atoms with van der Waals surface area (Å²) in [5.41, 5.74) is -0.345. The minimum atomic E-state index is -0.652. The topological polar surface area (TPSA) is 102 Å². The van der Waals surface area contributed by atoms with Crippen molar-refractivity contribution in [3.8, 4) is 0 Å². The molecular weight excluding hydrogens is 326 g/mol. The Hall–Kier alpha value is -2.45. The van der Waals surface area contributed by atoms with Crippen molar-refractivity contribution in [2.75, 3.05) is 13.1 Å². The third-order valence-electron chi connectivity index (χ3n) is 4.67. The number of likely N-dealkylation sites (tertiary alicyclic amines) is 1. The number of aromatic nitrogens is 1. The molecule has 8 nitrogen and oxygen atoms in total. The van der Waals surface area contributed by atoms with E-state index in [1.54, 1.807) is 18.4 Å². The van der Waals surface area contributed by atoms with Crippen LogP contribution in [-0.4, -0.2) is 38.6 Å². The first kappa shape index (κ1) is 17.4. The second-order valence-corrected chi connectivity index (χ2v) is 6.27. The molecule has 0 bridgehead atoms. The van der Waals surface area contributed by atoms with Gasteiger partial charge < -0.3 is 14.1 Å². The van der Waals surface area contributed by atoms with Gasteiger partial charge in [-0.3, -0.25) is 19.8 Å². The Morgan fingerprint density at radius 1 is 1.36 bits per heavy atom. The highest BCUT2D eigenvalue weighted by Crippen LogP contribution is 2.27. The number of furan rings is 1. The van der Waals surface area contributed by atoms with Crippen LogP contribution in [0.15, 0.2) is 45.9 Å². The van der Waals surface area contributed by atoms with Gasteiger partial charge in [0.15, 0.2) is 0 Å². The van der Waals surface area contributed by atoms with Gasteiger partial charge in [-0.15, -0.1) is 0 Å². The fourth-order valence-electron chi connectivity index (χ4n) is 3.35. The molecule has 25 heavy (non-hydrogen) atoms. The zero-order valence-corrected chi connectivity index (χ0v) is 13.8. The smallest absolute Gasteiger partial charge is 0.285 e. The number of rotatable bonds is 7. The summed E-state index contributed by atoms with van der Waals surface area (Å²) in [4.78, 5) is 24.5. The van der Waals surface area contributed by atoms with Crippen LogP contribution in [0.4, 0.5) is 5.69 Å². The van der Waals surface area contributed by atoms with Crippen molar-refractivity contribution in [1.29, 1.82) is 0 Å². The minimum Gasteiger partial charge on any atom is -0.467 e. The van der Waals surface area contributed by atoms with Crippen molar-refractivity contribution in [3.63, 3.8) is 0 Å². The fraction of sp³-hybridized carbons (Fsp3) is 0.471. The van der Waals surface area contributed by atoms with E-state index in [2.05, 4.69) is 4.90 Å². The van der Waals surface area contributed by atoms with E-state index >= 15 is 0 Å². The van der Waals surface area contributed by atoms with Gasteiger partial charge in [-0.25, -0.2) is 0 Å². The lowest BCUT2D eigenvalue weighted by atomic mass is 10.1. The van der Waals surface area contributed by atoms with Gasteiger partial charge in [0.1, 0.15) is 11.9 Å². The summed E-state index contributed by atoms with van der Waals surface area (Å²) in [6, 6.07) is 6.15. The van der Waals surface area contributed by atoms with Crippen molar-refractivity contribution in [3.05, 3.63) is 63.0 Å². The van der Waals surface area contributed by atoms with Crippen LogP contribution in [0, 0.1) is 10.1 Å². The molecule has 3 rings (SSSR count). The van der Waals surface area contributed by atoms with Crippen LogP contribution in [-0.2, 0) is 6.54 Å². The maximum atomic E-state index is 11.9. The summed E-state index contributed by atoms with van der Waals surface area (Å²) >= 11 is 0. The molecule has 2 aromatic rings. The highest BCUT2D eigenvalue weighted by atomic mass is 16.6. The predicted octanol–water partition coefficient (Wildman–Crippen LogP) is 1.94. The van der Waals surface area contributed by atoms with E-state index < -0.39 is 11.0 Å². The van der Waals surface area contributed by atoms with Crippen LogP contribution in [0.5, 0.6) is 0 Å². The van der Waals surface area contributed by atoms with E-state index in [1.807, 2.05) is 0 Å². The minimum absolute atomic E-state index is 0.0918. The molecule has 0 amide bonds. The Morgan fingerprint density at radius 2 is 2.20 bits per heavy atom. The molecule has 1 saturated heterocycles. The zero-order chi connectivity index (χ0) is 17.8. The number of pyridine rings is 1. The molecule has 0 saturated carbocycles. The summed E-state index contributed by atoms with van der Waals surface area (Å²) in [7, 11) is 0. The van der Waals surface area contributed by atoms with E-state index in [1.165, 1.54) is 22.9 Å². The first-order valence-corrected chi connectivity index (χ1v) is 8.35. The van der Waals surface area contributed by atoms with Crippen molar-refractivity contribution in [2.45, 2.75) is 38.0 Å². The average Bonchev–Trinajstić information content (AvgIpc) is 3.25. The number of hydrogen-bond acceptors (Lipinski definition) is 6. The lowest BCUT2D eigenvalue weighted by Crippen LogP contribution is -2.35. The Bertz CT molecular complexity index is 771. The van der Waals surface area contributed by atoms with E-state index in [0.29, 0.717) is 25.3 Å². The number of hydrogen-bond donors (Lipinski definition) is 1. The van der Waals surface area contributed by atoms with Gasteiger partial charge in [-0.1, -0.05) is 0 Å². The molecule has 2 aromatic heterocycles. The summed E-state index contributed by atoms with van der Waals surface area (Å²) in [5, 5.41) is 21.1. The SMILES string of the molecule is O=c1ccc([N+](=O)[O-])cn1CCN1CCCC1CC(O)c1ccco1. The standard InChI is InChI=1S/C17H21N3O5/c21-15(16-4-2-10-25-16)11-13-3-1-7-18(13)8-9-19-12-14(20(23)24)5-6-17(19)22/h2,4-6,10,12-13,15,21H,1,3,7-9,11H2. The van der Waals surface area contributed by atoms with Crippen LogP contribution in [0.3, 0.4) is 0 Å². The lowest BCUT2D eigenvalue weighted by Gasteiger charge is -2.26. The van der Waals surface area contributed by atoms with Crippen LogP contribution in [0.25, 0.3) is 0 Å². The van der Waals surface area contributed by atoms with Gasteiger partial charge in [-0.05, 0) is 37.9 Å². The monoisotopic (exact) mass is 347 g/mol. The van der Waals surface area contributed by atoms with Crippen molar-refractivity contribution in [2.24, 2.45) is 0 Å². The van der Waals surface area contributed by atoms with Crippen LogP contribution >= 0.6 is 0 Å². The molecule has 1 aliphatic heterocycles. The van der Waals surface area contributed by atoms with Crippen molar-refractivity contribution < 1.29 is 14.4 Å². The van der Waals surface area contributed by atoms with Crippen molar-refractivity contribution >= 4 is 5.69 Å². The van der Waals surface area contributed by atoms with Crippen LogP contribution < -0.4 is 5.56 Å². The molecule has 8 heteroatoms.